The second kappa shape index (κ2) is 3.66. The van der Waals surface area contributed by atoms with Crippen LogP contribution in [0.5, 0.6) is 0 Å². The van der Waals surface area contributed by atoms with Gasteiger partial charge in [-0.3, -0.25) is 9.47 Å². The molecule has 1 aliphatic heterocycles. The first-order valence-electron chi connectivity index (χ1n) is 3.46. The van der Waals surface area contributed by atoms with Crippen molar-refractivity contribution in [2.75, 3.05) is 0 Å². The summed E-state index contributed by atoms with van der Waals surface area (Å²) in [6.07, 6.45) is -12.4. The lowest BCUT2D eigenvalue weighted by Gasteiger charge is -2.31. The van der Waals surface area contributed by atoms with E-state index in [4.69, 9.17) is 23.2 Å². The van der Waals surface area contributed by atoms with Crippen LogP contribution < -0.4 is 0 Å². The summed E-state index contributed by atoms with van der Waals surface area (Å²) >= 11 is 14.1. The number of hydrogen-bond donors (Lipinski definition) is 0. The average Bonchev–Trinajstić information content (AvgIpc) is 2.15. The quantitative estimate of drug-likeness (QED) is 0.496. The first-order valence-corrected chi connectivity index (χ1v) is 4.59. The molecule has 0 bridgehead atoms. The second-order valence-corrected chi connectivity index (χ2v) is 4.59. The average molecular weight is 331 g/mol. The number of ether oxygens (including phenoxy) is 2. The molecule has 17 heavy (non-hydrogen) atoms. The van der Waals surface area contributed by atoms with Gasteiger partial charge in [0.05, 0.1) is 0 Å². The van der Waals surface area contributed by atoms with Gasteiger partial charge in [0.25, 0.3) is 4.52 Å². The van der Waals surface area contributed by atoms with E-state index in [1.54, 1.807) is 0 Å². The van der Waals surface area contributed by atoms with Crippen LogP contribution in [0.1, 0.15) is 0 Å². The Labute approximate surface area is 103 Å². The molecule has 0 aliphatic carbocycles. The van der Waals surface area contributed by atoms with Crippen molar-refractivity contribution in [2.24, 2.45) is 0 Å². The van der Waals surface area contributed by atoms with Crippen LogP contribution in [0.4, 0.5) is 30.7 Å². The van der Waals surface area contributed by atoms with E-state index in [2.05, 4.69) is 21.1 Å². The molecule has 2 nitrogen and oxygen atoms in total. The molecule has 1 fully saturated rings. The number of halogens is 10. The Hall–Kier alpha value is 0.300. The molecule has 1 rings (SSSR count). The molecular formula is C5Cl3F7O2. The van der Waals surface area contributed by atoms with E-state index >= 15 is 0 Å². The van der Waals surface area contributed by atoms with Crippen molar-refractivity contribution in [3.05, 3.63) is 0 Å². The molecule has 0 spiro atoms. The SMILES string of the molecule is FC(F)(F)C1(C(F)(F)F)OC(F)(Cl)C(Cl)(Cl)O1. The first-order chi connectivity index (χ1) is 7.16. The Morgan fingerprint density at radius 2 is 1.12 bits per heavy atom. The predicted molar refractivity (Wildman–Crippen MR) is 41.1 cm³/mol. The van der Waals surface area contributed by atoms with Crippen molar-refractivity contribution in [3.8, 4) is 0 Å². The zero-order valence-electron chi connectivity index (χ0n) is 7.10. The topological polar surface area (TPSA) is 18.5 Å². The van der Waals surface area contributed by atoms with Crippen molar-refractivity contribution in [2.45, 2.75) is 28.0 Å². The van der Waals surface area contributed by atoms with E-state index in [1.165, 1.54) is 0 Å². The maximum atomic E-state index is 13.1. The molecule has 0 aromatic rings. The largest absolute Gasteiger partial charge is 0.453 e. The molecule has 0 radical (unpaired) electrons. The van der Waals surface area contributed by atoms with Crippen LogP contribution in [-0.2, 0) is 9.47 Å². The van der Waals surface area contributed by atoms with Gasteiger partial charge in [0.1, 0.15) is 0 Å². The molecule has 102 valence electrons. The fraction of sp³-hybridized carbons (Fsp3) is 1.00. The Morgan fingerprint density at radius 1 is 0.765 bits per heavy atom. The zero-order chi connectivity index (χ0) is 13.9. The molecule has 1 heterocycles. The van der Waals surface area contributed by atoms with Gasteiger partial charge in [0, 0.05) is 0 Å². The van der Waals surface area contributed by atoms with Crippen molar-refractivity contribution < 1.29 is 40.2 Å². The third kappa shape index (κ3) is 2.16. The van der Waals surface area contributed by atoms with Crippen LogP contribution in [0.3, 0.4) is 0 Å². The van der Waals surface area contributed by atoms with E-state index in [1.807, 2.05) is 0 Å². The molecule has 0 amide bonds. The number of hydrogen-bond acceptors (Lipinski definition) is 2. The Bertz CT molecular complexity index is 290. The van der Waals surface area contributed by atoms with Gasteiger partial charge in [-0.05, 0) is 11.6 Å². The smallest absolute Gasteiger partial charge is 0.292 e. The van der Waals surface area contributed by atoms with Gasteiger partial charge in [-0.25, -0.2) is 0 Å². The summed E-state index contributed by atoms with van der Waals surface area (Å²) < 4.78 is 89.4. The minimum absolute atomic E-state index is 3.04. The Morgan fingerprint density at radius 3 is 1.24 bits per heavy atom. The molecule has 0 aromatic heterocycles. The summed E-state index contributed by atoms with van der Waals surface area (Å²) in [4.78, 5) is 0. The summed E-state index contributed by atoms with van der Waals surface area (Å²) in [6.45, 7) is 0. The van der Waals surface area contributed by atoms with Crippen LogP contribution >= 0.6 is 34.8 Å². The summed E-state index contributed by atoms with van der Waals surface area (Å²) in [5.41, 5.74) is 0. The van der Waals surface area contributed by atoms with Gasteiger partial charge in [-0.15, -0.1) is 0 Å². The van der Waals surface area contributed by atoms with Crippen LogP contribution in [0.2, 0.25) is 0 Å². The van der Waals surface area contributed by atoms with E-state index in [0.717, 1.165) is 0 Å². The molecule has 0 saturated carbocycles. The van der Waals surface area contributed by atoms with Crippen LogP contribution in [0.15, 0.2) is 0 Å². The molecular weight excluding hydrogens is 331 g/mol. The van der Waals surface area contributed by atoms with Crippen molar-refractivity contribution >= 4 is 34.8 Å². The summed E-state index contributed by atoms with van der Waals surface area (Å²) in [5.74, 6) is -5.33. The maximum absolute atomic E-state index is 13.1. The molecule has 0 N–H and O–H groups in total. The molecule has 1 aliphatic rings. The lowest BCUT2D eigenvalue weighted by atomic mass is 10.2. The highest BCUT2D eigenvalue weighted by Crippen LogP contribution is 2.61. The van der Waals surface area contributed by atoms with Crippen LogP contribution in [0.25, 0.3) is 0 Å². The number of alkyl halides is 10. The lowest BCUT2D eigenvalue weighted by Crippen LogP contribution is -2.58. The van der Waals surface area contributed by atoms with Crippen LogP contribution in [0, 0.1) is 0 Å². The van der Waals surface area contributed by atoms with Gasteiger partial charge < -0.3 is 0 Å². The van der Waals surface area contributed by atoms with Gasteiger partial charge in [-0.1, -0.05) is 23.2 Å². The van der Waals surface area contributed by atoms with Crippen molar-refractivity contribution in [1.29, 1.82) is 0 Å². The van der Waals surface area contributed by atoms with Gasteiger partial charge in [0.2, 0.25) is 0 Å². The first kappa shape index (κ1) is 15.4. The van der Waals surface area contributed by atoms with E-state index < -0.39 is 28.0 Å². The highest BCUT2D eigenvalue weighted by molar-refractivity contribution is 6.51. The Balaban J connectivity index is 3.34. The fourth-order valence-corrected chi connectivity index (χ4v) is 1.33. The van der Waals surface area contributed by atoms with Crippen molar-refractivity contribution in [3.63, 3.8) is 0 Å². The van der Waals surface area contributed by atoms with Gasteiger partial charge >= 0.3 is 23.5 Å². The molecule has 1 unspecified atom stereocenters. The normalized spacial score (nSPS) is 32.8. The minimum Gasteiger partial charge on any atom is -0.292 e. The summed E-state index contributed by atoms with van der Waals surface area (Å²) in [5, 5.41) is -4.22. The Kier molecular flexibility index (Phi) is 3.30. The van der Waals surface area contributed by atoms with Gasteiger partial charge in [-0.2, -0.15) is 30.7 Å². The highest BCUT2D eigenvalue weighted by atomic mass is 35.5. The maximum Gasteiger partial charge on any atom is 0.453 e. The third-order valence-electron chi connectivity index (χ3n) is 1.63. The summed E-state index contributed by atoms with van der Waals surface area (Å²) in [6, 6.07) is 0. The zero-order valence-corrected chi connectivity index (χ0v) is 9.36. The van der Waals surface area contributed by atoms with E-state index in [0.29, 0.717) is 0 Å². The van der Waals surface area contributed by atoms with Gasteiger partial charge in [0.15, 0.2) is 0 Å². The van der Waals surface area contributed by atoms with E-state index in [9.17, 15) is 30.7 Å². The third-order valence-corrected chi connectivity index (χ3v) is 2.81. The van der Waals surface area contributed by atoms with Crippen molar-refractivity contribution in [1.82, 2.24) is 0 Å². The second-order valence-electron chi connectivity index (χ2n) is 2.85. The van der Waals surface area contributed by atoms with E-state index in [-0.39, 0.29) is 0 Å². The molecule has 0 aromatic carbocycles. The predicted octanol–water partition coefficient (Wildman–Crippen LogP) is 3.85. The molecule has 12 heteroatoms. The monoisotopic (exact) mass is 330 g/mol. The standard InChI is InChI=1S/C5Cl3F7O2/c6-2(7)3(8,9)17-1(16-2,4(10,11)12)5(13,14)15. The minimum atomic E-state index is -6.19. The van der Waals surface area contributed by atoms with Crippen LogP contribution in [-0.4, -0.2) is 28.0 Å². The number of rotatable bonds is 0. The molecule has 1 atom stereocenters. The molecule has 1 saturated heterocycles. The highest BCUT2D eigenvalue weighted by Gasteiger charge is 2.85. The summed E-state index contributed by atoms with van der Waals surface area (Å²) in [7, 11) is 0. The fourth-order valence-electron chi connectivity index (χ4n) is 0.893. The lowest BCUT2D eigenvalue weighted by molar-refractivity contribution is -0.450.